The van der Waals surface area contributed by atoms with E-state index in [-0.39, 0.29) is 17.9 Å². The molecule has 2 aliphatic rings. The van der Waals surface area contributed by atoms with Crippen molar-refractivity contribution in [2.75, 3.05) is 18.4 Å². The third-order valence-electron chi connectivity index (χ3n) is 7.61. The fraction of sp³-hybridized carbons (Fsp3) is 0.379. The van der Waals surface area contributed by atoms with Gasteiger partial charge in [0, 0.05) is 42.7 Å². The number of pyridine rings is 2. The van der Waals surface area contributed by atoms with E-state index >= 15 is 0 Å². The molecule has 6 rings (SSSR count). The van der Waals surface area contributed by atoms with Crippen LogP contribution in [0.3, 0.4) is 0 Å². The Bertz CT molecular complexity index is 1390. The van der Waals surface area contributed by atoms with Gasteiger partial charge in [-0.2, -0.15) is 0 Å². The van der Waals surface area contributed by atoms with Crippen LogP contribution in [-0.4, -0.2) is 50.1 Å². The van der Waals surface area contributed by atoms with Crippen LogP contribution in [0.25, 0.3) is 21.3 Å². The molecular weight excluding hydrogens is 482 g/mol. The molecule has 1 aromatic carbocycles. The van der Waals surface area contributed by atoms with Gasteiger partial charge in [-0.05, 0) is 62.1 Å². The summed E-state index contributed by atoms with van der Waals surface area (Å²) in [5, 5.41) is 16.4. The Kier molecular flexibility index (Phi) is 6.85. The van der Waals surface area contributed by atoms with Crippen LogP contribution >= 0.6 is 11.3 Å². The minimum absolute atomic E-state index is 0.110. The predicted molar refractivity (Wildman–Crippen MR) is 147 cm³/mol. The van der Waals surface area contributed by atoms with Crippen LogP contribution in [0.5, 0.6) is 0 Å². The highest BCUT2D eigenvalue weighted by Crippen LogP contribution is 2.40. The van der Waals surface area contributed by atoms with Crippen LogP contribution in [-0.2, 0) is 4.79 Å². The fourth-order valence-corrected chi connectivity index (χ4v) is 6.51. The molecule has 37 heavy (non-hydrogen) atoms. The number of thiazole rings is 1. The summed E-state index contributed by atoms with van der Waals surface area (Å²) in [6, 6.07) is 16.2. The van der Waals surface area contributed by atoms with Gasteiger partial charge in [0.25, 0.3) is 0 Å². The molecule has 1 saturated carbocycles. The highest BCUT2D eigenvalue weighted by molar-refractivity contribution is 7.15. The van der Waals surface area contributed by atoms with Gasteiger partial charge in [-0.3, -0.25) is 4.79 Å². The second-order valence-electron chi connectivity index (χ2n) is 10.1. The Morgan fingerprint density at radius 1 is 0.892 bits per heavy atom. The minimum Gasteiger partial charge on any atom is -0.393 e. The quantitative estimate of drug-likeness (QED) is 0.353. The predicted octanol–water partition coefficient (Wildman–Crippen LogP) is 5.75. The molecule has 0 atom stereocenters. The number of aliphatic hydroxyl groups excluding tert-OH is 1. The lowest BCUT2D eigenvalue weighted by atomic mass is 9.81. The van der Waals surface area contributed by atoms with Gasteiger partial charge in [0.1, 0.15) is 11.6 Å². The summed E-state index contributed by atoms with van der Waals surface area (Å²) >= 11 is 1.71. The number of piperidine rings is 1. The summed E-state index contributed by atoms with van der Waals surface area (Å²) < 4.78 is 0. The van der Waals surface area contributed by atoms with E-state index in [0.29, 0.717) is 31.8 Å². The largest absolute Gasteiger partial charge is 0.393 e. The Hall–Kier alpha value is -3.36. The molecule has 1 amide bonds. The summed E-state index contributed by atoms with van der Waals surface area (Å²) in [5.74, 6) is 2.30. The first-order valence-corrected chi connectivity index (χ1v) is 14.0. The molecule has 4 heterocycles. The first kappa shape index (κ1) is 24.0. The van der Waals surface area contributed by atoms with E-state index in [1.807, 2.05) is 53.7 Å². The van der Waals surface area contributed by atoms with E-state index in [1.165, 1.54) is 0 Å². The van der Waals surface area contributed by atoms with Gasteiger partial charge in [-0.15, -0.1) is 11.3 Å². The van der Waals surface area contributed by atoms with Crippen molar-refractivity contribution in [1.29, 1.82) is 0 Å². The van der Waals surface area contributed by atoms with Gasteiger partial charge in [0.2, 0.25) is 5.91 Å². The van der Waals surface area contributed by atoms with Gasteiger partial charge in [-0.1, -0.05) is 30.3 Å². The number of likely N-dealkylation sites (tertiary alicyclic amines) is 1. The number of nitrogens with zero attached hydrogens (tertiary/aromatic N) is 4. The van der Waals surface area contributed by atoms with Crippen LogP contribution in [0.4, 0.5) is 11.6 Å². The molecule has 0 spiro atoms. The lowest BCUT2D eigenvalue weighted by Gasteiger charge is -2.34. The molecule has 0 bridgehead atoms. The van der Waals surface area contributed by atoms with Crippen molar-refractivity contribution in [3.8, 4) is 10.6 Å². The number of benzene rings is 1. The van der Waals surface area contributed by atoms with Crippen LogP contribution in [0.2, 0.25) is 0 Å². The fourth-order valence-electron chi connectivity index (χ4n) is 5.45. The smallest absolute Gasteiger partial charge is 0.225 e. The lowest BCUT2D eigenvalue weighted by Crippen LogP contribution is -2.43. The first-order valence-electron chi connectivity index (χ1n) is 13.1. The van der Waals surface area contributed by atoms with E-state index < -0.39 is 0 Å². The number of fused-ring (bicyclic) bond motifs is 1. The monoisotopic (exact) mass is 513 g/mol. The molecule has 0 radical (unpaired) electrons. The summed E-state index contributed by atoms with van der Waals surface area (Å²) in [6.07, 6.45) is 8.75. The van der Waals surface area contributed by atoms with Crippen LogP contribution in [0, 0.1) is 5.92 Å². The number of anilines is 2. The highest BCUT2D eigenvalue weighted by atomic mass is 32.1. The van der Waals surface area contributed by atoms with Crippen molar-refractivity contribution < 1.29 is 9.90 Å². The number of aliphatic hydroxyl groups is 1. The zero-order valence-electron chi connectivity index (χ0n) is 20.7. The molecule has 8 heteroatoms. The van der Waals surface area contributed by atoms with Gasteiger partial charge in [-0.25, -0.2) is 15.0 Å². The lowest BCUT2D eigenvalue weighted by molar-refractivity contribution is -0.138. The Morgan fingerprint density at radius 2 is 1.68 bits per heavy atom. The molecule has 7 nitrogen and oxygen atoms in total. The maximum atomic E-state index is 12.9. The van der Waals surface area contributed by atoms with Crippen LogP contribution in [0.15, 0.2) is 60.9 Å². The molecule has 1 saturated heterocycles. The van der Waals surface area contributed by atoms with Gasteiger partial charge >= 0.3 is 0 Å². The SMILES string of the molecule is O=C(C1CCC(c2ncc(-c3cccc(Nc4cc5ccccc5cn4)n3)s2)CC1)N1CCC(O)CC1. The van der Waals surface area contributed by atoms with E-state index in [0.717, 1.165) is 63.7 Å². The first-order chi connectivity index (χ1) is 18.1. The minimum atomic E-state index is -0.250. The molecule has 0 unspecified atom stereocenters. The third kappa shape index (κ3) is 5.36. The summed E-state index contributed by atoms with van der Waals surface area (Å²) in [5.41, 5.74) is 0.894. The van der Waals surface area contributed by atoms with Crippen molar-refractivity contribution in [3.05, 3.63) is 65.9 Å². The van der Waals surface area contributed by atoms with E-state index in [4.69, 9.17) is 9.97 Å². The standard InChI is InChI=1S/C29H31N5O2S/c35-23-12-14-34(15-13-23)29(36)20-10-8-19(9-11-20)28-31-18-25(37-28)24-6-3-7-26(32-24)33-27-16-21-4-1-2-5-22(21)17-30-27/h1-7,16-20,23,35H,8-15H2,(H,30,32,33). The number of hydrogen-bond acceptors (Lipinski definition) is 7. The molecular formula is C29H31N5O2S. The number of aromatic nitrogens is 3. The van der Waals surface area contributed by atoms with Gasteiger partial charge in [0.15, 0.2) is 0 Å². The van der Waals surface area contributed by atoms with Crippen molar-refractivity contribution in [2.45, 2.75) is 50.5 Å². The van der Waals surface area contributed by atoms with Gasteiger partial charge in [0.05, 0.1) is 21.7 Å². The Balaban J connectivity index is 1.09. The van der Waals surface area contributed by atoms with E-state index in [2.05, 4.69) is 22.4 Å². The Morgan fingerprint density at radius 3 is 2.49 bits per heavy atom. The zero-order valence-corrected chi connectivity index (χ0v) is 21.5. The molecule has 190 valence electrons. The van der Waals surface area contributed by atoms with Crippen molar-refractivity contribution in [1.82, 2.24) is 19.9 Å². The Labute approximate surface area is 220 Å². The average Bonchev–Trinajstić information content (AvgIpc) is 3.44. The number of hydrogen-bond donors (Lipinski definition) is 2. The highest BCUT2D eigenvalue weighted by Gasteiger charge is 2.32. The number of carbonyl (C=O) groups excluding carboxylic acids is 1. The molecule has 1 aliphatic heterocycles. The number of rotatable bonds is 5. The second-order valence-corrected chi connectivity index (χ2v) is 11.2. The zero-order chi connectivity index (χ0) is 25.2. The normalized spacial score (nSPS) is 20.7. The van der Waals surface area contributed by atoms with Crippen molar-refractivity contribution in [3.63, 3.8) is 0 Å². The summed E-state index contributed by atoms with van der Waals surface area (Å²) in [4.78, 5) is 30.0. The van der Waals surface area contributed by atoms with E-state index in [9.17, 15) is 9.90 Å². The topological polar surface area (TPSA) is 91.2 Å². The van der Waals surface area contributed by atoms with Crippen LogP contribution < -0.4 is 5.32 Å². The van der Waals surface area contributed by atoms with Crippen molar-refractivity contribution >= 4 is 39.7 Å². The maximum Gasteiger partial charge on any atom is 0.225 e. The molecule has 2 N–H and O–H groups in total. The van der Waals surface area contributed by atoms with Gasteiger partial charge < -0.3 is 15.3 Å². The molecule has 2 fully saturated rings. The number of carbonyl (C=O) groups is 1. The third-order valence-corrected chi connectivity index (χ3v) is 8.80. The summed E-state index contributed by atoms with van der Waals surface area (Å²) in [6.45, 7) is 1.38. The molecule has 3 aromatic heterocycles. The molecule has 4 aromatic rings. The number of amides is 1. The summed E-state index contributed by atoms with van der Waals surface area (Å²) in [7, 11) is 0. The van der Waals surface area contributed by atoms with Crippen molar-refractivity contribution in [2.24, 2.45) is 5.92 Å². The average molecular weight is 514 g/mol. The number of nitrogens with one attached hydrogen (secondary N) is 1. The maximum absolute atomic E-state index is 12.9. The van der Waals surface area contributed by atoms with Crippen LogP contribution in [0.1, 0.15) is 49.5 Å². The van der Waals surface area contributed by atoms with E-state index in [1.54, 1.807) is 11.3 Å². The molecule has 1 aliphatic carbocycles. The second kappa shape index (κ2) is 10.6.